The molecular formula is C25H26F3N3O2S. The third-order valence-corrected chi connectivity index (χ3v) is 6.92. The zero-order valence-electron chi connectivity index (χ0n) is 18.6. The van der Waals surface area contributed by atoms with E-state index in [9.17, 15) is 22.8 Å². The molecule has 0 radical (unpaired) electrons. The van der Waals surface area contributed by atoms with Gasteiger partial charge in [-0.05, 0) is 31.0 Å². The molecule has 0 spiro atoms. The Morgan fingerprint density at radius 1 is 0.941 bits per heavy atom. The van der Waals surface area contributed by atoms with Gasteiger partial charge in [0.15, 0.2) is 0 Å². The SMILES string of the molecule is O=C(CSc1cn(CC(=O)N2CCCCCC2)c2ccccc12)Nc1ccccc1C(F)(F)F. The van der Waals surface area contributed by atoms with Crippen LogP contribution in [0.1, 0.15) is 31.2 Å². The van der Waals surface area contributed by atoms with Crippen molar-refractivity contribution in [2.24, 2.45) is 0 Å². The minimum Gasteiger partial charge on any atom is -0.341 e. The topological polar surface area (TPSA) is 54.3 Å². The van der Waals surface area contributed by atoms with Crippen molar-refractivity contribution in [1.82, 2.24) is 9.47 Å². The molecule has 9 heteroatoms. The molecule has 5 nitrogen and oxygen atoms in total. The second-order valence-corrected chi connectivity index (χ2v) is 9.33. The van der Waals surface area contributed by atoms with Gasteiger partial charge >= 0.3 is 6.18 Å². The van der Waals surface area contributed by atoms with Gasteiger partial charge in [0.25, 0.3) is 0 Å². The first-order valence-corrected chi connectivity index (χ1v) is 12.3. The Morgan fingerprint density at radius 3 is 2.35 bits per heavy atom. The Balaban J connectivity index is 1.46. The van der Waals surface area contributed by atoms with Gasteiger partial charge in [-0.3, -0.25) is 9.59 Å². The maximum atomic E-state index is 13.2. The van der Waals surface area contributed by atoms with Gasteiger partial charge in [0.1, 0.15) is 6.54 Å². The lowest BCUT2D eigenvalue weighted by Crippen LogP contribution is -2.34. The Morgan fingerprint density at radius 2 is 1.62 bits per heavy atom. The highest BCUT2D eigenvalue weighted by Crippen LogP contribution is 2.35. The fourth-order valence-corrected chi connectivity index (χ4v) is 5.08. The van der Waals surface area contributed by atoms with E-state index in [2.05, 4.69) is 5.32 Å². The Bertz CT molecular complexity index is 1170. The summed E-state index contributed by atoms with van der Waals surface area (Å²) in [6.45, 7) is 1.77. The van der Waals surface area contributed by atoms with Gasteiger partial charge in [0, 0.05) is 35.1 Å². The molecule has 2 aromatic carbocycles. The fraction of sp³-hybridized carbons (Fsp3) is 0.360. The fourth-order valence-electron chi connectivity index (χ4n) is 4.19. The molecule has 3 aromatic rings. The number of thioether (sulfide) groups is 1. The maximum absolute atomic E-state index is 13.2. The normalized spacial score (nSPS) is 14.7. The van der Waals surface area contributed by atoms with Crippen molar-refractivity contribution in [3.05, 3.63) is 60.3 Å². The molecular weight excluding hydrogens is 463 g/mol. The first-order valence-electron chi connectivity index (χ1n) is 11.3. The minimum absolute atomic E-state index is 0.0553. The lowest BCUT2D eigenvalue weighted by molar-refractivity contribution is -0.137. The van der Waals surface area contributed by atoms with Crippen LogP contribution in [0.2, 0.25) is 0 Å². The number of likely N-dealkylation sites (tertiary alicyclic amines) is 1. The number of anilines is 1. The number of amides is 2. The van der Waals surface area contributed by atoms with Crippen LogP contribution in [-0.2, 0) is 22.3 Å². The number of nitrogens with zero attached hydrogens (tertiary/aromatic N) is 2. The van der Waals surface area contributed by atoms with Crippen LogP contribution in [0.5, 0.6) is 0 Å². The zero-order valence-corrected chi connectivity index (χ0v) is 19.4. The molecule has 180 valence electrons. The van der Waals surface area contributed by atoms with E-state index in [1.54, 1.807) is 0 Å². The molecule has 0 aliphatic carbocycles. The van der Waals surface area contributed by atoms with E-state index in [1.807, 2.05) is 39.9 Å². The van der Waals surface area contributed by atoms with Gasteiger partial charge in [-0.2, -0.15) is 13.2 Å². The van der Waals surface area contributed by atoms with Crippen molar-refractivity contribution in [3.8, 4) is 0 Å². The second-order valence-electron chi connectivity index (χ2n) is 8.31. The molecule has 0 atom stereocenters. The quantitative estimate of drug-likeness (QED) is 0.446. The monoisotopic (exact) mass is 489 g/mol. The number of halogens is 3. The number of alkyl halides is 3. The number of hydrogen-bond acceptors (Lipinski definition) is 3. The van der Waals surface area contributed by atoms with Gasteiger partial charge in [-0.25, -0.2) is 0 Å². The Hall–Kier alpha value is -2.94. The summed E-state index contributed by atoms with van der Waals surface area (Å²) in [7, 11) is 0. The van der Waals surface area contributed by atoms with Gasteiger partial charge in [0.2, 0.25) is 11.8 Å². The van der Waals surface area contributed by atoms with Crippen LogP contribution in [-0.4, -0.2) is 40.1 Å². The number of nitrogens with one attached hydrogen (secondary N) is 1. The van der Waals surface area contributed by atoms with Crippen LogP contribution in [0.3, 0.4) is 0 Å². The van der Waals surface area contributed by atoms with E-state index in [1.165, 1.54) is 30.0 Å². The molecule has 0 saturated carbocycles. The van der Waals surface area contributed by atoms with Crippen LogP contribution >= 0.6 is 11.8 Å². The predicted octanol–water partition coefficient (Wildman–Crippen LogP) is 5.79. The first-order chi connectivity index (χ1) is 16.3. The van der Waals surface area contributed by atoms with E-state index in [0.717, 1.165) is 60.6 Å². The summed E-state index contributed by atoms with van der Waals surface area (Å²) in [5.41, 5.74) is -0.251. The highest BCUT2D eigenvalue weighted by molar-refractivity contribution is 8.00. The van der Waals surface area contributed by atoms with Crippen molar-refractivity contribution in [2.45, 2.75) is 43.3 Å². The minimum atomic E-state index is -4.55. The molecule has 1 aliphatic heterocycles. The Kier molecular flexibility index (Phi) is 7.50. The molecule has 1 N–H and O–H groups in total. The van der Waals surface area contributed by atoms with Crippen LogP contribution in [0, 0.1) is 0 Å². The molecule has 2 amide bonds. The molecule has 1 saturated heterocycles. The highest BCUT2D eigenvalue weighted by atomic mass is 32.2. The van der Waals surface area contributed by atoms with Crippen molar-refractivity contribution in [1.29, 1.82) is 0 Å². The number of para-hydroxylation sites is 2. The van der Waals surface area contributed by atoms with E-state index in [4.69, 9.17) is 0 Å². The largest absolute Gasteiger partial charge is 0.418 e. The smallest absolute Gasteiger partial charge is 0.341 e. The first kappa shape index (κ1) is 24.2. The average Bonchev–Trinajstić information content (AvgIpc) is 2.97. The number of benzene rings is 2. The molecule has 0 bridgehead atoms. The third kappa shape index (κ3) is 5.75. The van der Waals surface area contributed by atoms with E-state index in [0.29, 0.717) is 0 Å². The van der Waals surface area contributed by atoms with Crippen molar-refractivity contribution < 1.29 is 22.8 Å². The predicted molar refractivity (Wildman–Crippen MR) is 128 cm³/mol. The van der Waals surface area contributed by atoms with Crippen LogP contribution in [0.4, 0.5) is 18.9 Å². The number of hydrogen-bond donors (Lipinski definition) is 1. The summed E-state index contributed by atoms with van der Waals surface area (Å²) < 4.78 is 41.5. The van der Waals surface area contributed by atoms with Gasteiger partial charge in [-0.1, -0.05) is 43.2 Å². The summed E-state index contributed by atoms with van der Waals surface area (Å²) in [6.07, 6.45) is 1.63. The highest BCUT2D eigenvalue weighted by Gasteiger charge is 2.33. The summed E-state index contributed by atoms with van der Waals surface area (Å²) in [6, 6.07) is 12.5. The van der Waals surface area contributed by atoms with E-state index >= 15 is 0 Å². The Labute approximate surface area is 200 Å². The van der Waals surface area contributed by atoms with Gasteiger partial charge in [-0.15, -0.1) is 11.8 Å². The number of aromatic nitrogens is 1. The summed E-state index contributed by atoms with van der Waals surface area (Å²) >= 11 is 1.24. The van der Waals surface area contributed by atoms with E-state index in [-0.39, 0.29) is 23.9 Å². The molecule has 0 unspecified atom stereocenters. The van der Waals surface area contributed by atoms with Gasteiger partial charge in [0.05, 0.1) is 17.0 Å². The third-order valence-electron chi connectivity index (χ3n) is 5.88. The summed E-state index contributed by atoms with van der Waals surface area (Å²) in [5, 5.41) is 3.28. The van der Waals surface area contributed by atoms with E-state index < -0.39 is 17.6 Å². The number of carbonyl (C=O) groups excluding carboxylic acids is 2. The summed E-state index contributed by atoms with van der Waals surface area (Å²) in [5.74, 6) is -0.514. The summed E-state index contributed by atoms with van der Waals surface area (Å²) in [4.78, 5) is 28.1. The maximum Gasteiger partial charge on any atom is 0.418 e. The van der Waals surface area contributed by atoms with Gasteiger partial charge < -0.3 is 14.8 Å². The molecule has 4 rings (SSSR count). The van der Waals surface area contributed by atoms with Crippen molar-refractivity contribution >= 4 is 40.2 Å². The standard InChI is InChI=1S/C25H26F3N3O2S/c26-25(27,28)19-10-4-5-11-20(19)29-23(32)17-34-22-15-31(21-12-6-3-9-18(21)22)16-24(33)30-13-7-1-2-8-14-30/h3-6,9-12,15H,1-2,7-8,13-14,16-17H2,(H,29,32). The molecule has 1 aromatic heterocycles. The molecule has 2 heterocycles. The lowest BCUT2D eigenvalue weighted by Gasteiger charge is -2.20. The van der Waals surface area contributed by atoms with Crippen molar-refractivity contribution in [3.63, 3.8) is 0 Å². The second kappa shape index (κ2) is 10.5. The van der Waals surface area contributed by atoms with Crippen molar-refractivity contribution in [2.75, 3.05) is 24.2 Å². The van der Waals surface area contributed by atoms with Crippen LogP contribution < -0.4 is 5.32 Å². The number of carbonyl (C=O) groups is 2. The number of rotatable bonds is 6. The zero-order chi connectivity index (χ0) is 24.1. The molecule has 34 heavy (non-hydrogen) atoms. The lowest BCUT2D eigenvalue weighted by atomic mass is 10.1. The van der Waals surface area contributed by atoms with Crippen LogP contribution in [0.15, 0.2) is 59.6 Å². The number of fused-ring (bicyclic) bond motifs is 1. The molecule has 1 aliphatic rings. The average molecular weight is 490 g/mol. The van der Waals surface area contributed by atoms with Crippen LogP contribution in [0.25, 0.3) is 10.9 Å². The molecule has 1 fully saturated rings.